The van der Waals surface area contributed by atoms with Gasteiger partial charge in [0.1, 0.15) is 10.4 Å². The molecule has 0 spiro atoms. The van der Waals surface area contributed by atoms with E-state index >= 15 is 0 Å². The molecule has 0 aliphatic rings. The average molecular weight is 501 g/mol. The van der Waals surface area contributed by atoms with E-state index in [0.29, 0.717) is 25.7 Å². The third-order valence-corrected chi connectivity index (χ3v) is 7.62. The van der Waals surface area contributed by atoms with Crippen LogP contribution in [0.5, 0.6) is 0 Å². The summed E-state index contributed by atoms with van der Waals surface area (Å²) in [6.45, 7) is 5.22. The number of aliphatic hydroxyl groups excluding tert-OH is 1. The van der Waals surface area contributed by atoms with Crippen molar-refractivity contribution in [3.63, 3.8) is 0 Å². The zero-order valence-corrected chi connectivity index (χ0v) is 21.3. The Morgan fingerprint density at radius 2 is 1.67 bits per heavy atom. The highest BCUT2D eigenvalue weighted by molar-refractivity contribution is 6.62. The van der Waals surface area contributed by atoms with Gasteiger partial charge in [-0.1, -0.05) is 89.6 Å². The second-order valence-corrected chi connectivity index (χ2v) is 11.4. The van der Waals surface area contributed by atoms with Gasteiger partial charge < -0.3 is 14.7 Å². The fourth-order valence-corrected chi connectivity index (χ4v) is 3.37. The van der Waals surface area contributed by atoms with E-state index in [9.17, 15) is 9.90 Å². The number of carbonyl (C=O) groups excluding carboxylic acids is 1. The third kappa shape index (κ3) is 8.37. The molecule has 4 atom stereocenters. The van der Waals surface area contributed by atoms with Crippen molar-refractivity contribution in [2.24, 2.45) is 5.92 Å². The van der Waals surface area contributed by atoms with E-state index in [2.05, 4.69) is 0 Å². The standard InChI is InChI=1S/C22H33Cl4NO3/c1-15(18(28)13-9-10-14-22(25,26)21(3,23)24)20(29)30-19(16(2)27(4)5)17-11-7-6-8-12-17/h6-8,11-12,15-16,18-19,28H,9-10,13-14H2,1-5H3/t15-,16-,18-,19-/m1/s1. The minimum atomic E-state index is -1.28. The fourth-order valence-electron chi connectivity index (χ4n) is 2.92. The SMILES string of the molecule is C[C@H]([C@@H](OC(=O)[C@H](C)[C@H](O)CCCCC(Cl)(Cl)C(C)(Cl)Cl)c1ccccc1)N(C)C. The smallest absolute Gasteiger partial charge is 0.311 e. The minimum Gasteiger partial charge on any atom is -0.456 e. The monoisotopic (exact) mass is 499 g/mol. The molecule has 30 heavy (non-hydrogen) atoms. The highest BCUT2D eigenvalue weighted by Crippen LogP contribution is 2.45. The summed E-state index contributed by atoms with van der Waals surface area (Å²) in [4.78, 5) is 14.7. The lowest BCUT2D eigenvalue weighted by Crippen LogP contribution is -2.36. The Balaban J connectivity index is 2.64. The minimum absolute atomic E-state index is 0.0262. The number of alkyl halides is 4. The van der Waals surface area contributed by atoms with Gasteiger partial charge in [-0.3, -0.25) is 4.79 Å². The number of esters is 1. The Labute approximate surface area is 200 Å². The van der Waals surface area contributed by atoms with Gasteiger partial charge in [-0.15, -0.1) is 0 Å². The number of unbranched alkanes of at least 4 members (excludes halogenated alkanes) is 1. The second-order valence-electron chi connectivity index (χ2n) is 8.17. The number of rotatable bonds is 12. The summed E-state index contributed by atoms with van der Waals surface area (Å²) in [6, 6.07) is 9.59. The molecule has 0 amide bonds. The van der Waals surface area contributed by atoms with Crippen LogP contribution in [0.15, 0.2) is 30.3 Å². The fraction of sp³-hybridized carbons (Fsp3) is 0.682. The van der Waals surface area contributed by atoms with E-state index in [0.717, 1.165) is 5.56 Å². The van der Waals surface area contributed by atoms with E-state index in [1.807, 2.05) is 56.3 Å². The Hall–Kier alpha value is -0.230. The molecular formula is C22H33Cl4NO3. The molecule has 1 aromatic carbocycles. The van der Waals surface area contributed by atoms with Gasteiger partial charge in [0, 0.05) is 6.04 Å². The molecule has 0 bridgehead atoms. The van der Waals surface area contributed by atoms with Crippen LogP contribution in [-0.4, -0.2) is 50.9 Å². The summed E-state index contributed by atoms with van der Waals surface area (Å²) in [6.07, 6.45) is 0.775. The van der Waals surface area contributed by atoms with Gasteiger partial charge in [0.25, 0.3) is 0 Å². The summed E-state index contributed by atoms with van der Waals surface area (Å²) >= 11 is 24.3. The first-order chi connectivity index (χ1) is 13.8. The van der Waals surface area contributed by atoms with E-state index in [1.54, 1.807) is 13.8 Å². The molecule has 1 rings (SSSR count). The average Bonchev–Trinajstić information content (AvgIpc) is 2.67. The molecule has 0 aliphatic carbocycles. The van der Waals surface area contributed by atoms with Crippen molar-refractivity contribution in [1.82, 2.24) is 4.90 Å². The summed E-state index contributed by atoms with van der Waals surface area (Å²) in [5, 5.41) is 10.5. The topological polar surface area (TPSA) is 49.8 Å². The largest absolute Gasteiger partial charge is 0.456 e. The van der Waals surface area contributed by atoms with Crippen LogP contribution < -0.4 is 0 Å². The number of carbonyl (C=O) groups is 1. The van der Waals surface area contributed by atoms with E-state index < -0.39 is 32.8 Å². The maximum absolute atomic E-state index is 12.7. The van der Waals surface area contributed by atoms with Gasteiger partial charge in [-0.25, -0.2) is 0 Å². The van der Waals surface area contributed by atoms with Crippen LogP contribution in [0.25, 0.3) is 0 Å². The molecule has 172 valence electrons. The van der Waals surface area contributed by atoms with Crippen LogP contribution in [0.3, 0.4) is 0 Å². The molecule has 0 aliphatic heterocycles. The van der Waals surface area contributed by atoms with Gasteiger partial charge in [0.15, 0.2) is 4.33 Å². The van der Waals surface area contributed by atoms with Crippen molar-refractivity contribution in [2.75, 3.05) is 14.1 Å². The molecule has 0 aromatic heterocycles. The lowest BCUT2D eigenvalue weighted by molar-refractivity contribution is -0.160. The maximum atomic E-state index is 12.7. The predicted octanol–water partition coefficient (Wildman–Crippen LogP) is 6.15. The van der Waals surface area contributed by atoms with E-state index in [4.69, 9.17) is 51.1 Å². The van der Waals surface area contributed by atoms with Crippen LogP contribution in [0.4, 0.5) is 0 Å². The van der Waals surface area contributed by atoms with Crippen molar-refractivity contribution in [3.8, 4) is 0 Å². The van der Waals surface area contributed by atoms with Crippen molar-refractivity contribution in [2.45, 2.75) is 73.4 Å². The number of hydrogen-bond acceptors (Lipinski definition) is 4. The van der Waals surface area contributed by atoms with Crippen molar-refractivity contribution in [3.05, 3.63) is 35.9 Å². The van der Waals surface area contributed by atoms with Gasteiger partial charge in [0.2, 0.25) is 0 Å². The maximum Gasteiger partial charge on any atom is 0.311 e. The molecule has 0 fully saturated rings. The Bertz CT molecular complexity index is 650. The number of aliphatic hydroxyl groups is 1. The van der Waals surface area contributed by atoms with Crippen LogP contribution >= 0.6 is 46.4 Å². The summed E-state index contributed by atoms with van der Waals surface area (Å²) in [5.74, 6) is -1.09. The summed E-state index contributed by atoms with van der Waals surface area (Å²) < 4.78 is 3.27. The zero-order chi connectivity index (χ0) is 23.1. The van der Waals surface area contributed by atoms with Crippen LogP contribution in [0.2, 0.25) is 0 Å². The number of halogens is 4. The molecule has 1 N–H and O–H groups in total. The second kappa shape index (κ2) is 12.1. The van der Waals surface area contributed by atoms with Crippen molar-refractivity contribution >= 4 is 52.4 Å². The molecule has 0 heterocycles. The molecule has 8 heteroatoms. The van der Waals surface area contributed by atoms with Crippen LogP contribution in [0.1, 0.15) is 58.1 Å². The van der Waals surface area contributed by atoms with Crippen LogP contribution in [0, 0.1) is 5.92 Å². The van der Waals surface area contributed by atoms with Crippen molar-refractivity contribution in [1.29, 1.82) is 0 Å². The summed E-state index contributed by atoms with van der Waals surface area (Å²) in [7, 11) is 3.88. The molecule has 0 saturated carbocycles. The number of nitrogens with zero attached hydrogens (tertiary/aromatic N) is 1. The Morgan fingerprint density at radius 3 is 2.17 bits per heavy atom. The first-order valence-electron chi connectivity index (χ1n) is 10.1. The predicted molar refractivity (Wildman–Crippen MR) is 127 cm³/mol. The van der Waals surface area contributed by atoms with Crippen molar-refractivity contribution < 1.29 is 14.6 Å². The number of benzene rings is 1. The molecule has 4 nitrogen and oxygen atoms in total. The lowest BCUT2D eigenvalue weighted by Gasteiger charge is -2.31. The first kappa shape index (κ1) is 27.8. The van der Waals surface area contributed by atoms with E-state index in [-0.39, 0.29) is 6.04 Å². The number of likely N-dealkylation sites (N-methyl/N-ethyl adjacent to an activating group) is 1. The first-order valence-corrected chi connectivity index (χ1v) is 11.6. The quantitative estimate of drug-likeness (QED) is 0.212. The Morgan fingerprint density at radius 1 is 1.10 bits per heavy atom. The van der Waals surface area contributed by atoms with Crippen LogP contribution in [-0.2, 0) is 9.53 Å². The lowest BCUT2D eigenvalue weighted by atomic mass is 9.97. The third-order valence-electron chi connectivity index (χ3n) is 5.46. The molecular weight excluding hydrogens is 468 g/mol. The van der Waals surface area contributed by atoms with Gasteiger partial charge in [0.05, 0.1) is 12.0 Å². The summed E-state index contributed by atoms with van der Waals surface area (Å²) in [5.41, 5.74) is 0.916. The highest BCUT2D eigenvalue weighted by Gasteiger charge is 2.42. The zero-order valence-electron chi connectivity index (χ0n) is 18.2. The number of ether oxygens (including phenoxy) is 1. The van der Waals surface area contributed by atoms with E-state index in [1.165, 1.54) is 0 Å². The molecule has 0 saturated heterocycles. The highest BCUT2D eigenvalue weighted by atomic mass is 35.5. The Kier molecular flexibility index (Phi) is 11.2. The molecule has 1 aromatic rings. The molecule has 0 unspecified atom stereocenters. The van der Waals surface area contributed by atoms with Gasteiger partial charge in [-0.05, 0) is 53.3 Å². The van der Waals surface area contributed by atoms with Gasteiger partial charge >= 0.3 is 5.97 Å². The number of hydrogen-bond donors (Lipinski definition) is 1. The molecule has 0 radical (unpaired) electrons. The van der Waals surface area contributed by atoms with Gasteiger partial charge in [-0.2, -0.15) is 0 Å². The normalized spacial score (nSPS) is 16.8.